The Kier molecular flexibility index (Phi) is 38.1. The molecule has 94 valence electrons. The maximum Gasteiger partial charge on any atom is -0.109 e. The van der Waals surface area contributed by atoms with Gasteiger partial charge in [-0.05, 0) is 0 Å². The van der Waals surface area contributed by atoms with E-state index in [4.69, 9.17) is 10.2 Å². The molecule has 0 radical (unpaired) electrons. The summed E-state index contributed by atoms with van der Waals surface area (Å²) in [5, 5.41) is 16.5. The molecule has 0 unspecified atom stereocenters. The standard InChI is InChI=1S/2C5H5.C2H4.2CH3O.Hf/c2*1-2-4-5-3-1;3*1-2;/h2*1-3H,4H2;1H,2H3;2*1H3;/q2*-1;;2*-1;+2. The van der Waals surface area contributed by atoms with Crippen LogP contribution in [0.3, 0.4) is 0 Å². The van der Waals surface area contributed by atoms with E-state index in [0.29, 0.717) is 0 Å². The van der Waals surface area contributed by atoms with E-state index in [2.05, 4.69) is 35.0 Å². The molecule has 0 fully saturated rings. The van der Waals surface area contributed by atoms with Crippen molar-refractivity contribution < 1.29 is 34.1 Å². The fraction of sp³-hybridized carbons (Fsp3) is 0.357. The van der Waals surface area contributed by atoms with Gasteiger partial charge in [0, 0.05) is 0 Å². The van der Waals surface area contributed by atoms with E-state index in [9.17, 15) is 0 Å². The Bertz CT molecular complexity index is 186. The molecule has 0 N–H and O–H groups in total. The summed E-state index contributed by atoms with van der Waals surface area (Å²) in [4.78, 5) is 0. The molecule has 2 rings (SSSR count). The van der Waals surface area contributed by atoms with Crippen LogP contribution in [0.1, 0.15) is 19.8 Å². The first-order valence-electron chi connectivity index (χ1n) is 5.12. The van der Waals surface area contributed by atoms with Crippen molar-refractivity contribution in [3.63, 3.8) is 0 Å². The third-order valence-corrected chi connectivity index (χ3v) is 1.17. The molecule has 0 amide bonds. The molecule has 0 aliphatic heterocycles. The molecule has 2 nitrogen and oxygen atoms in total. The molecule has 0 spiro atoms. The molecule has 0 aromatic carbocycles. The van der Waals surface area contributed by atoms with Crippen LogP contribution in [0.15, 0.2) is 36.5 Å². The predicted molar refractivity (Wildman–Crippen MR) is 66.7 cm³/mol. The first kappa shape index (κ1) is 21.9. The fourth-order valence-electron chi connectivity index (χ4n) is 0.680. The smallest absolute Gasteiger partial charge is 0.109 e. The monoisotopic (exact) mass is 400 g/mol. The maximum atomic E-state index is 8.25. The zero-order valence-electron chi connectivity index (χ0n) is 10.8. The van der Waals surface area contributed by atoms with Crippen molar-refractivity contribution in [2.75, 3.05) is 14.2 Å². The second-order valence-electron chi connectivity index (χ2n) is 2.29. The summed E-state index contributed by atoms with van der Waals surface area (Å²) >= 11 is 1.24. The van der Waals surface area contributed by atoms with E-state index in [1.165, 1.54) is 23.9 Å². The normalized spacial score (nSPS) is 11.9. The topological polar surface area (TPSA) is 46.1 Å². The molecule has 2 aliphatic carbocycles. The van der Waals surface area contributed by atoms with Crippen LogP contribution in [-0.2, 0) is 23.9 Å². The van der Waals surface area contributed by atoms with Crippen molar-refractivity contribution in [2.24, 2.45) is 0 Å². The van der Waals surface area contributed by atoms with Gasteiger partial charge in [0.2, 0.25) is 0 Å². The second kappa shape index (κ2) is 29.6. The predicted octanol–water partition coefficient (Wildman–Crippen LogP) is 0.920. The van der Waals surface area contributed by atoms with E-state index < -0.39 is 0 Å². The number of rotatable bonds is 0. The quantitative estimate of drug-likeness (QED) is 0.450. The molecule has 0 heterocycles. The summed E-state index contributed by atoms with van der Waals surface area (Å²) in [6, 6.07) is 0. The van der Waals surface area contributed by atoms with Gasteiger partial charge in [-0.2, -0.15) is 26.4 Å². The van der Waals surface area contributed by atoms with Crippen LogP contribution in [0, 0.1) is 12.2 Å². The Morgan fingerprint density at radius 2 is 1.24 bits per heavy atom. The van der Waals surface area contributed by atoms with Gasteiger partial charge in [0.15, 0.2) is 0 Å². The largest absolute Gasteiger partial charge is 0.857 e. The van der Waals surface area contributed by atoms with Crippen LogP contribution in [0.4, 0.5) is 0 Å². The fourth-order valence-corrected chi connectivity index (χ4v) is 0.680. The SMILES string of the molecule is C[CH]=[Hf+2].C[O-].C[O-].[C-]1=CC=CC1.[C-]1=CC=CC1. The molecule has 0 aromatic rings. The summed E-state index contributed by atoms with van der Waals surface area (Å²) in [5.74, 6) is 0. The zero-order chi connectivity index (χ0) is 13.8. The van der Waals surface area contributed by atoms with Crippen molar-refractivity contribution >= 4 is 3.76 Å². The Hall–Kier alpha value is -0.380. The molecular formula is C14H20HfO2-2. The maximum absolute atomic E-state index is 8.25. The van der Waals surface area contributed by atoms with Gasteiger partial charge in [-0.3, -0.25) is 12.2 Å². The van der Waals surface area contributed by atoms with Crippen LogP contribution in [0.5, 0.6) is 0 Å². The average Bonchev–Trinajstić information content (AvgIpc) is 3.13. The first-order valence-corrected chi connectivity index (χ1v) is 7.19. The summed E-state index contributed by atoms with van der Waals surface area (Å²) < 4.78 is 2.14. The summed E-state index contributed by atoms with van der Waals surface area (Å²) in [6.07, 6.45) is 20.0. The van der Waals surface area contributed by atoms with Gasteiger partial charge in [-0.15, -0.1) is 12.8 Å². The molecule has 0 atom stereocenters. The van der Waals surface area contributed by atoms with Gasteiger partial charge in [-0.25, -0.2) is 24.3 Å². The number of hydrogen-bond donors (Lipinski definition) is 0. The minimum atomic E-state index is 0.750. The van der Waals surface area contributed by atoms with Gasteiger partial charge < -0.3 is 10.2 Å². The van der Waals surface area contributed by atoms with E-state index in [1.807, 2.05) is 24.3 Å². The van der Waals surface area contributed by atoms with Crippen LogP contribution >= 0.6 is 0 Å². The average molecular weight is 399 g/mol. The Morgan fingerprint density at radius 3 is 1.29 bits per heavy atom. The molecule has 0 saturated heterocycles. The van der Waals surface area contributed by atoms with Crippen LogP contribution in [-0.4, -0.2) is 18.0 Å². The Labute approximate surface area is 120 Å². The number of hydrogen-bond acceptors (Lipinski definition) is 2. The van der Waals surface area contributed by atoms with Crippen molar-refractivity contribution in [3.8, 4) is 0 Å². The molecule has 3 heteroatoms. The van der Waals surface area contributed by atoms with Crippen molar-refractivity contribution in [3.05, 3.63) is 48.6 Å². The molecule has 2 aliphatic rings. The van der Waals surface area contributed by atoms with Crippen molar-refractivity contribution in [2.45, 2.75) is 19.8 Å². The van der Waals surface area contributed by atoms with E-state index in [1.54, 1.807) is 0 Å². The van der Waals surface area contributed by atoms with Gasteiger partial charge >= 0.3 is 34.6 Å². The molecule has 17 heavy (non-hydrogen) atoms. The summed E-state index contributed by atoms with van der Waals surface area (Å²) in [5.41, 5.74) is 0. The van der Waals surface area contributed by atoms with E-state index in [0.717, 1.165) is 27.1 Å². The van der Waals surface area contributed by atoms with Crippen LogP contribution < -0.4 is 10.2 Å². The third-order valence-electron chi connectivity index (χ3n) is 1.17. The van der Waals surface area contributed by atoms with Gasteiger partial charge in [-0.1, -0.05) is 0 Å². The first-order chi connectivity index (χ1) is 8.41. The Morgan fingerprint density at radius 1 is 0.941 bits per heavy atom. The Balaban J connectivity index is -0.000000155. The van der Waals surface area contributed by atoms with Crippen molar-refractivity contribution in [1.82, 2.24) is 0 Å². The van der Waals surface area contributed by atoms with Gasteiger partial charge in [0.25, 0.3) is 0 Å². The van der Waals surface area contributed by atoms with Gasteiger partial charge in [0.1, 0.15) is 0 Å². The minimum Gasteiger partial charge on any atom is -0.857 e. The second-order valence-corrected chi connectivity index (χ2v) is 4.37. The van der Waals surface area contributed by atoms with Crippen molar-refractivity contribution in [1.29, 1.82) is 0 Å². The summed E-state index contributed by atoms with van der Waals surface area (Å²) in [6.45, 7) is 2.06. The van der Waals surface area contributed by atoms with E-state index in [-0.39, 0.29) is 0 Å². The molecule has 0 bridgehead atoms. The third kappa shape index (κ3) is 31.3. The summed E-state index contributed by atoms with van der Waals surface area (Å²) in [7, 11) is 1.50. The van der Waals surface area contributed by atoms with Crippen LogP contribution in [0.25, 0.3) is 0 Å². The minimum absolute atomic E-state index is 0.750. The number of allylic oxidation sites excluding steroid dienone is 8. The zero-order valence-corrected chi connectivity index (χ0v) is 14.4. The van der Waals surface area contributed by atoms with Crippen LogP contribution in [0.2, 0.25) is 0 Å². The molecular weight excluding hydrogens is 379 g/mol. The van der Waals surface area contributed by atoms with E-state index >= 15 is 0 Å². The van der Waals surface area contributed by atoms with Gasteiger partial charge in [0.05, 0.1) is 0 Å². The molecule has 0 saturated carbocycles. The molecule has 0 aromatic heterocycles.